The van der Waals surface area contributed by atoms with E-state index in [2.05, 4.69) is 5.32 Å². The van der Waals surface area contributed by atoms with Gasteiger partial charge in [-0.05, 0) is 25.1 Å². The summed E-state index contributed by atoms with van der Waals surface area (Å²) in [5.41, 5.74) is 0. The molecule has 1 rings (SSSR count). The number of hydrogen-bond acceptors (Lipinski definition) is 4. The first-order chi connectivity index (χ1) is 7.87. The van der Waals surface area contributed by atoms with Crippen LogP contribution in [0.2, 0.25) is 0 Å². The molecule has 0 saturated carbocycles. The molecule has 4 nitrogen and oxygen atoms in total. The standard InChI is InChI=1S/C11H20N2O2S2/c1-9(2)8-13(4)17(14,15)11-6-5-10(16-11)7-12-3/h5-6,9,12H,7-8H2,1-4H3. The van der Waals surface area contributed by atoms with Crippen LogP contribution in [0.15, 0.2) is 16.3 Å². The maximum Gasteiger partial charge on any atom is 0.252 e. The van der Waals surface area contributed by atoms with Crippen LogP contribution in [0.25, 0.3) is 0 Å². The zero-order valence-corrected chi connectivity index (χ0v) is 12.4. The van der Waals surface area contributed by atoms with Crippen molar-refractivity contribution < 1.29 is 8.42 Å². The van der Waals surface area contributed by atoms with Crippen molar-refractivity contribution in [3.8, 4) is 0 Å². The van der Waals surface area contributed by atoms with Crippen LogP contribution >= 0.6 is 11.3 Å². The molecule has 1 aromatic rings. The van der Waals surface area contributed by atoms with Crippen LogP contribution in [0.4, 0.5) is 0 Å². The first-order valence-electron chi connectivity index (χ1n) is 5.57. The van der Waals surface area contributed by atoms with E-state index in [1.165, 1.54) is 15.6 Å². The lowest BCUT2D eigenvalue weighted by Gasteiger charge is -2.17. The Balaban J connectivity index is 2.88. The molecule has 1 heterocycles. The third-order valence-electron chi connectivity index (χ3n) is 2.27. The first-order valence-corrected chi connectivity index (χ1v) is 7.83. The predicted molar refractivity (Wildman–Crippen MR) is 71.7 cm³/mol. The van der Waals surface area contributed by atoms with Crippen molar-refractivity contribution in [1.82, 2.24) is 9.62 Å². The van der Waals surface area contributed by atoms with Crippen molar-refractivity contribution in [3.63, 3.8) is 0 Å². The molecular formula is C11H20N2O2S2. The van der Waals surface area contributed by atoms with E-state index in [4.69, 9.17) is 0 Å². The monoisotopic (exact) mass is 276 g/mol. The Kier molecular flexibility index (Phi) is 5.12. The zero-order chi connectivity index (χ0) is 13.1. The van der Waals surface area contributed by atoms with Crippen molar-refractivity contribution >= 4 is 21.4 Å². The van der Waals surface area contributed by atoms with Crippen LogP contribution < -0.4 is 5.32 Å². The van der Waals surface area contributed by atoms with Gasteiger partial charge in [0.15, 0.2) is 0 Å². The molecule has 0 fully saturated rings. The van der Waals surface area contributed by atoms with Crippen LogP contribution in [-0.2, 0) is 16.6 Å². The van der Waals surface area contributed by atoms with Gasteiger partial charge in [-0.25, -0.2) is 8.42 Å². The quantitative estimate of drug-likeness (QED) is 0.861. The lowest BCUT2D eigenvalue weighted by Crippen LogP contribution is -2.29. The van der Waals surface area contributed by atoms with Crippen molar-refractivity contribution in [2.45, 2.75) is 24.6 Å². The number of thiophene rings is 1. The summed E-state index contributed by atoms with van der Waals surface area (Å²) in [6, 6.07) is 3.54. The summed E-state index contributed by atoms with van der Waals surface area (Å²) in [7, 11) is 0.170. The lowest BCUT2D eigenvalue weighted by atomic mass is 10.2. The van der Waals surface area contributed by atoms with E-state index in [1.54, 1.807) is 13.1 Å². The summed E-state index contributed by atoms with van der Waals surface area (Å²) < 4.78 is 26.2. The highest BCUT2D eigenvalue weighted by Crippen LogP contribution is 2.24. The molecule has 1 aromatic heterocycles. The highest BCUT2D eigenvalue weighted by Gasteiger charge is 2.23. The normalized spacial score (nSPS) is 12.6. The van der Waals surface area contributed by atoms with Crippen LogP contribution in [0.5, 0.6) is 0 Å². The third-order valence-corrected chi connectivity index (χ3v) is 5.65. The van der Waals surface area contributed by atoms with Gasteiger partial charge in [-0.2, -0.15) is 4.31 Å². The molecule has 0 saturated heterocycles. The zero-order valence-electron chi connectivity index (χ0n) is 10.7. The van der Waals surface area contributed by atoms with Gasteiger partial charge in [0.25, 0.3) is 10.0 Å². The first kappa shape index (κ1) is 14.6. The fraction of sp³-hybridized carbons (Fsp3) is 0.636. The summed E-state index contributed by atoms with van der Waals surface area (Å²) in [6.07, 6.45) is 0. The summed E-state index contributed by atoms with van der Waals surface area (Å²) in [5.74, 6) is 0.325. The van der Waals surface area contributed by atoms with Crippen molar-refractivity contribution in [3.05, 3.63) is 17.0 Å². The maximum absolute atomic E-state index is 12.2. The molecule has 0 unspecified atom stereocenters. The SMILES string of the molecule is CNCc1ccc(S(=O)(=O)N(C)CC(C)C)s1. The Morgan fingerprint density at radius 1 is 1.41 bits per heavy atom. The molecule has 17 heavy (non-hydrogen) atoms. The Labute approximate surface area is 108 Å². The Bertz CT molecular complexity index is 452. The molecule has 6 heteroatoms. The molecule has 0 spiro atoms. The van der Waals surface area contributed by atoms with Gasteiger partial charge in [-0.1, -0.05) is 13.8 Å². The Hall–Kier alpha value is -0.430. The fourth-order valence-electron chi connectivity index (χ4n) is 1.53. The van der Waals surface area contributed by atoms with Crippen molar-refractivity contribution in [2.24, 2.45) is 5.92 Å². The van der Waals surface area contributed by atoms with Gasteiger partial charge >= 0.3 is 0 Å². The topological polar surface area (TPSA) is 49.4 Å². The second-order valence-corrected chi connectivity index (χ2v) is 7.87. The van der Waals surface area contributed by atoms with E-state index < -0.39 is 10.0 Å². The molecule has 0 bridgehead atoms. The van der Waals surface area contributed by atoms with Gasteiger partial charge in [0, 0.05) is 25.0 Å². The maximum atomic E-state index is 12.2. The third kappa shape index (κ3) is 3.77. The molecular weight excluding hydrogens is 256 g/mol. The van der Waals surface area contributed by atoms with Gasteiger partial charge in [0.05, 0.1) is 0 Å². The summed E-state index contributed by atoms with van der Waals surface area (Å²) >= 11 is 1.33. The average Bonchev–Trinajstić information content (AvgIpc) is 2.66. The molecule has 98 valence electrons. The smallest absolute Gasteiger partial charge is 0.252 e. The molecule has 0 aromatic carbocycles. The highest BCUT2D eigenvalue weighted by atomic mass is 32.2. The van der Waals surface area contributed by atoms with Gasteiger partial charge in [-0.3, -0.25) is 0 Å². The summed E-state index contributed by atoms with van der Waals surface area (Å²) in [4.78, 5) is 1.03. The number of hydrogen-bond donors (Lipinski definition) is 1. The largest absolute Gasteiger partial charge is 0.315 e. The Morgan fingerprint density at radius 2 is 2.06 bits per heavy atom. The number of rotatable bonds is 6. The van der Waals surface area contributed by atoms with E-state index in [0.717, 1.165) is 4.88 Å². The second kappa shape index (κ2) is 5.95. The summed E-state index contributed by atoms with van der Waals surface area (Å²) in [6.45, 7) is 5.26. The molecule has 0 aliphatic carbocycles. The number of nitrogens with zero attached hydrogens (tertiary/aromatic N) is 1. The molecule has 1 N–H and O–H groups in total. The van der Waals surface area contributed by atoms with Gasteiger partial charge in [-0.15, -0.1) is 11.3 Å². The van der Waals surface area contributed by atoms with Gasteiger partial charge < -0.3 is 5.32 Å². The van der Waals surface area contributed by atoms with E-state index in [0.29, 0.717) is 23.2 Å². The van der Waals surface area contributed by atoms with Crippen LogP contribution in [0, 0.1) is 5.92 Å². The minimum absolute atomic E-state index is 0.325. The van der Waals surface area contributed by atoms with E-state index in [-0.39, 0.29) is 0 Å². The van der Waals surface area contributed by atoms with Crippen LogP contribution in [0.1, 0.15) is 18.7 Å². The molecule has 0 atom stereocenters. The fourth-order valence-corrected chi connectivity index (χ4v) is 4.44. The van der Waals surface area contributed by atoms with Crippen molar-refractivity contribution in [1.29, 1.82) is 0 Å². The minimum Gasteiger partial charge on any atom is -0.315 e. The predicted octanol–water partition coefficient (Wildman–Crippen LogP) is 1.74. The lowest BCUT2D eigenvalue weighted by molar-refractivity contribution is 0.418. The van der Waals surface area contributed by atoms with E-state index >= 15 is 0 Å². The van der Waals surface area contributed by atoms with E-state index in [9.17, 15) is 8.42 Å². The molecule has 0 radical (unpaired) electrons. The molecule has 0 amide bonds. The van der Waals surface area contributed by atoms with Gasteiger partial charge in [0.1, 0.15) is 4.21 Å². The number of sulfonamides is 1. The van der Waals surface area contributed by atoms with Crippen LogP contribution in [0.3, 0.4) is 0 Å². The summed E-state index contributed by atoms with van der Waals surface area (Å²) in [5, 5.41) is 3.01. The minimum atomic E-state index is -3.31. The highest BCUT2D eigenvalue weighted by molar-refractivity contribution is 7.91. The second-order valence-electron chi connectivity index (χ2n) is 4.43. The van der Waals surface area contributed by atoms with E-state index in [1.807, 2.05) is 27.0 Å². The van der Waals surface area contributed by atoms with Crippen molar-refractivity contribution in [2.75, 3.05) is 20.6 Å². The van der Waals surface area contributed by atoms with Gasteiger partial charge in [0.2, 0.25) is 0 Å². The molecule has 0 aliphatic heterocycles. The average molecular weight is 276 g/mol. The van der Waals surface area contributed by atoms with Crippen LogP contribution in [-0.4, -0.2) is 33.4 Å². The molecule has 0 aliphatic rings. The number of nitrogens with one attached hydrogen (secondary N) is 1. The Morgan fingerprint density at radius 3 is 2.59 bits per heavy atom.